The number of halogens is 1. The lowest BCUT2D eigenvalue weighted by molar-refractivity contribution is -0.129. The number of nitriles is 1. The van der Waals surface area contributed by atoms with E-state index < -0.39 is 0 Å². The van der Waals surface area contributed by atoms with Crippen LogP contribution in [0.25, 0.3) is 11.3 Å². The summed E-state index contributed by atoms with van der Waals surface area (Å²) in [6, 6.07) is 19.0. The largest absolute Gasteiger partial charge is 0.369 e. The number of hydrogen-bond donors (Lipinski definition) is 3. The maximum atomic E-state index is 13.5. The van der Waals surface area contributed by atoms with Crippen LogP contribution in [0.4, 0.5) is 10.2 Å². The number of pyridine rings is 1. The number of benzene rings is 2. The molecule has 37 heavy (non-hydrogen) atoms. The second-order valence-electron chi connectivity index (χ2n) is 8.52. The molecular formula is C28H31FN6O2. The molecule has 9 heteroatoms. The van der Waals surface area contributed by atoms with E-state index in [9.17, 15) is 19.2 Å². The van der Waals surface area contributed by atoms with Gasteiger partial charge in [-0.3, -0.25) is 9.59 Å². The smallest absolute Gasteiger partial charge is 0.255 e. The molecule has 192 valence electrons. The molecule has 0 bridgehead atoms. The van der Waals surface area contributed by atoms with Crippen molar-refractivity contribution < 1.29 is 14.0 Å². The van der Waals surface area contributed by atoms with Crippen molar-refractivity contribution >= 4 is 17.6 Å². The molecule has 3 aromatic rings. The zero-order valence-corrected chi connectivity index (χ0v) is 20.8. The van der Waals surface area contributed by atoms with Gasteiger partial charge in [-0.1, -0.05) is 30.3 Å². The minimum absolute atomic E-state index is 0.0263. The van der Waals surface area contributed by atoms with Crippen LogP contribution in [-0.2, 0) is 11.2 Å². The quantitative estimate of drug-likeness (QED) is 0.349. The highest BCUT2D eigenvalue weighted by Gasteiger charge is 2.16. The first kappa shape index (κ1) is 27.3. The second kappa shape index (κ2) is 13.7. The number of aromatic nitrogens is 1. The maximum Gasteiger partial charge on any atom is 0.255 e. The number of nitrogens with zero attached hydrogens (tertiary/aromatic N) is 3. The van der Waals surface area contributed by atoms with Crippen LogP contribution >= 0.6 is 0 Å². The summed E-state index contributed by atoms with van der Waals surface area (Å²) in [6.07, 6.45) is 1.51. The average molecular weight is 503 g/mol. The van der Waals surface area contributed by atoms with E-state index in [4.69, 9.17) is 5.73 Å². The molecule has 1 heterocycles. The zero-order valence-electron chi connectivity index (χ0n) is 20.8. The van der Waals surface area contributed by atoms with Crippen LogP contribution in [0.1, 0.15) is 34.3 Å². The van der Waals surface area contributed by atoms with Crippen molar-refractivity contribution in [2.45, 2.75) is 19.3 Å². The number of likely N-dealkylation sites (N-methyl/N-ethyl adjacent to an activating group) is 1. The van der Waals surface area contributed by atoms with Gasteiger partial charge in [0.1, 0.15) is 11.6 Å². The first-order chi connectivity index (χ1) is 17.9. The van der Waals surface area contributed by atoms with Crippen LogP contribution in [0.5, 0.6) is 0 Å². The predicted molar refractivity (Wildman–Crippen MR) is 141 cm³/mol. The monoisotopic (exact) mass is 502 g/mol. The number of hydrogen-bond acceptors (Lipinski definition) is 6. The van der Waals surface area contributed by atoms with Gasteiger partial charge in [0.05, 0.1) is 22.9 Å². The van der Waals surface area contributed by atoms with Gasteiger partial charge in [0, 0.05) is 38.7 Å². The third-order valence-corrected chi connectivity index (χ3v) is 5.81. The Kier molecular flexibility index (Phi) is 10.1. The van der Waals surface area contributed by atoms with Gasteiger partial charge in [0.15, 0.2) is 0 Å². The zero-order chi connectivity index (χ0) is 26.6. The second-order valence-corrected chi connectivity index (χ2v) is 8.52. The molecule has 0 aliphatic carbocycles. The molecule has 0 radical (unpaired) electrons. The molecule has 1 aromatic heterocycles. The highest BCUT2D eigenvalue weighted by atomic mass is 19.1. The Labute approximate surface area is 216 Å². The van der Waals surface area contributed by atoms with Crippen molar-refractivity contribution in [2.75, 3.05) is 38.5 Å². The summed E-state index contributed by atoms with van der Waals surface area (Å²) in [4.78, 5) is 31.3. The molecule has 2 amide bonds. The summed E-state index contributed by atoms with van der Waals surface area (Å²) in [5, 5.41) is 15.5. The highest BCUT2D eigenvalue weighted by Crippen LogP contribution is 2.25. The van der Waals surface area contributed by atoms with Crippen LogP contribution in [0.15, 0.2) is 60.7 Å². The van der Waals surface area contributed by atoms with Crippen molar-refractivity contribution in [2.24, 2.45) is 5.73 Å². The summed E-state index contributed by atoms with van der Waals surface area (Å²) in [7, 11) is 1.69. The molecule has 4 N–H and O–H groups in total. The molecule has 0 unspecified atom stereocenters. The Morgan fingerprint density at radius 2 is 1.92 bits per heavy atom. The fourth-order valence-electron chi connectivity index (χ4n) is 3.75. The lowest BCUT2D eigenvalue weighted by Crippen LogP contribution is -2.36. The molecule has 3 rings (SSSR count). The Bertz CT molecular complexity index is 1270. The van der Waals surface area contributed by atoms with Crippen LogP contribution < -0.4 is 16.4 Å². The number of carbonyl (C=O) groups excluding carboxylic acids is 2. The summed E-state index contributed by atoms with van der Waals surface area (Å²) in [5.41, 5.74) is 8.28. The van der Waals surface area contributed by atoms with Gasteiger partial charge in [-0.2, -0.15) is 5.26 Å². The van der Waals surface area contributed by atoms with Gasteiger partial charge in [-0.15, -0.1) is 0 Å². The van der Waals surface area contributed by atoms with E-state index in [0.717, 1.165) is 5.56 Å². The highest BCUT2D eigenvalue weighted by molar-refractivity contribution is 5.99. The molecule has 0 aliphatic rings. The molecule has 0 saturated heterocycles. The van der Waals surface area contributed by atoms with E-state index in [-0.39, 0.29) is 24.2 Å². The number of amides is 2. The molecule has 0 atom stereocenters. The standard InChI is InChI=1S/C28H31FN6O2/c1-35(26(36)10-5-14-30)17-16-33-28(37)24-11-12-25(23-9-3-2-7-21(23)19-31)34-27(24)32-15-13-20-6-4-8-22(29)18-20/h2-4,6-9,11-12,18H,5,10,13-17,30H2,1H3,(H,32,34)(H,33,37). The molecule has 2 aromatic carbocycles. The van der Waals surface area contributed by atoms with Crippen molar-refractivity contribution in [3.63, 3.8) is 0 Å². The molecule has 0 aliphatic heterocycles. The minimum atomic E-state index is -0.344. The fraction of sp³-hybridized carbons (Fsp3) is 0.286. The third-order valence-electron chi connectivity index (χ3n) is 5.81. The van der Waals surface area contributed by atoms with Crippen LogP contribution in [0.2, 0.25) is 0 Å². The number of anilines is 1. The van der Waals surface area contributed by atoms with E-state index in [2.05, 4.69) is 21.7 Å². The first-order valence-corrected chi connectivity index (χ1v) is 12.1. The number of carbonyl (C=O) groups is 2. The number of nitrogens with one attached hydrogen (secondary N) is 2. The van der Waals surface area contributed by atoms with Crippen molar-refractivity contribution in [3.05, 3.63) is 83.2 Å². The molecule has 0 saturated carbocycles. The summed E-state index contributed by atoms with van der Waals surface area (Å²) >= 11 is 0. The normalized spacial score (nSPS) is 10.4. The molecule has 0 spiro atoms. The van der Waals surface area contributed by atoms with Crippen LogP contribution in [-0.4, -0.2) is 54.9 Å². The maximum absolute atomic E-state index is 13.5. The Balaban J connectivity index is 1.75. The van der Waals surface area contributed by atoms with Crippen molar-refractivity contribution in [1.82, 2.24) is 15.2 Å². The number of rotatable bonds is 12. The van der Waals surface area contributed by atoms with Gasteiger partial charge in [0.25, 0.3) is 5.91 Å². The van der Waals surface area contributed by atoms with Gasteiger partial charge in [-0.25, -0.2) is 9.37 Å². The summed E-state index contributed by atoms with van der Waals surface area (Å²) < 4.78 is 13.5. The fourth-order valence-corrected chi connectivity index (χ4v) is 3.75. The van der Waals surface area contributed by atoms with Crippen molar-refractivity contribution in [1.29, 1.82) is 5.26 Å². The summed E-state index contributed by atoms with van der Waals surface area (Å²) in [5.74, 6) is -0.325. The average Bonchev–Trinajstić information content (AvgIpc) is 2.91. The van der Waals surface area contributed by atoms with Crippen molar-refractivity contribution in [3.8, 4) is 17.3 Å². The minimum Gasteiger partial charge on any atom is -0.369 e. The predicted octanol–water partition coefficient (Wildman–Crippen LogP) is 3.34. The van der Waals surface area contributed by atoms with E-state index in [0.29, 0.717) is 67.1 Å². The first-order valence-electron chi connectivity index (χ1n) is 12.1. The van der Waals surface area contributed by atoms with E-state index in [1.54, 1.807) is 48.3 Å². The lowest BCUT2D eigenvalue weighted by atomic mass is 10.0. The van der Waals surface area contributed by atoms with Crippen LogP contribution in [0, 0.1) is 17.1 Å². The van der Waals surface area contributed by atoms with Gasteiger partial charge >= 0.3 is 0 Å². The van der Waals surface area contributed by atoms with Gasteiger partial charge < -0.3 is 21.3 Å². The lowest BCUT2D eigenvalue weighted by Gasteiger charge is -2.18. The Morgan fingerprint density at radius 1 is 1.11 bits per heavy atom. The molecule has 0 fully saturated rings. The van der Waals surface area contributed by atoms with E-state index in [1.165, 1.54) is 12.1 Å². The third kappa shape index (κ3) is 7.85. The summed E-state index contributed by atoms with van der Waals surface area (Å²) in [6.45, 7) is 1.50. The molecular weight excluding hydrogens is 471 g/mol. The van der Waals surface area contributed by atoms with Gasteiger partial charge in [-0.05, 0) is 55.3 Å². The van der Waals surface area contributed by atoms with Crippen LogP contribution in [0.3, 0.4) is 0 Å². The van der Waals surface area contributed by atoms with E-state index >= 15 is 0 Å². The Hall–Kier alpha value is -4.29. The topological polar surface area (TPSA) is 124 Å². The SMILES string of the molecule is CN(CCNC(=O)c1ccc(-c2ccccc2C#N)nc1NCCc1cccc(F)c1)C(=O)CCCN. The Morgan fingerprint density at radius 3 is 2.68 bits per heavy atom. The van der Waals surface area contributed by atoms with E-state index in [1.807, 2.05) is 12.1 Å². The molecule has 8 nitrogen and oxygen atoms in total. The number of nitrogens with two attached hydrogens (primary N) is 1. The van der Waals surface area contributed by atoms with Gasteiger partial charge in [0.2, 0.25) is 5.91 Å².